The molecule has 8 nitrogen and oxygen atoms in total. The average molecular weight is 454 g/mol. The zero-order valence-corrected chi connectivity index (χ0v) is 19.2. The van der Waals surface area contributed by atoms with Gasteiger partial charge in [0, 0.05) is 27.2 Å². The van der Waals surface area contributed by atoms with Crippen LogP contribution in [0.1, 0.15) is 43.5 Å². The minimum absolute atomic E-state index is 0.0139. The van der Waals surface area contributed by atoms with Gasteiger partial charge in [-0.25, -0.2) is 9.97 Å². The maximum absolute atomic E-state index is 13.1. The van der Waals surface area contributed by atoms with Crippen LogP contribution in [0.5, 0.6) is 0 Å². The average Bonchev–Trinajstić information content (AvgIpc) is 3.43. The Morgan fingerprint density at radius 3 is 2.72 bits per heavy atom. The topological polar surface area (TPSA) is 89.3 Å². The van der Waals surface area contributed by atoms with Crippen LogP contribution in [-0.4, -0.2) is 40.1 Å². The van der Waals surface area contributed by atoms with Crippen LogP contribution in [0.4, 0.5) is 5.13 Å². The summed E-state index contributed by atoms with van der Waals surface area (Å²) in [5.41, 5.74) is 0.769. The smallest absolute Gasteiger partial charge is 0.280 e. The van der Waals surface area contributed by atoms with Crippen molar-refractivity contribution in [2.24, 2.45) is 7.05 Å². The van der Waals surface area contributed by atoms with Gasteiger partial charge in [0.25, 0.3) is 5.56 Å². The zero-order chi connectivity index (χ0) is 22.3. The van der Waals surface area contributed by atoms with Crippen molar-refractivity contribution < 1.29 is 9.53 Å². The lowest BCUT2D eigenvalue weighted by Crippen LogP contribution is -2.43. The number of hydrogen-bond donors (Lipinski definition) is 1. The van der Waals surface area contributed by atoms with E-state index in [2.05, 4.69) is 10.3 Å². The molecule has 1 saturated heterocycles. The monoisotopic (exact) mass is 453 g/mol. The Bertz CT molecular complexity index is 1200. The van der Waals surface area contributed by atoms with E-state index in [9.17, 15) is 9.59 Å². The van der Waals surface area contributed by atoms with Crippen molar-refractivity contribution in [2.45, 2.75) is 50.3 Å². The van der Waals surface area contributed by atoms with Crippen molar-refractivity contribution in [3.05, 3.63) is 52.1 Å². The number of thiazole rings is 1. The molecule has 2 aromatic heterocycles. The molecule has 2 fully saturated rings. The van der Waals surface area contributed by atoms with Crippen molar-refractivity contribution in [1.82, 2.24) is 19.9 Å². The quantitative estimate of drug-likeness (QED) is 0.617. The van der Waals surface area contributed by atoms with Crippen molar-refractivity contribution in [3.8, 4) is 0 Å². The van der Waals surface area contributed by atoms with E-state index in [1.54, 1.807) is 18.7 Å². The number of nitrogens with one attached hydrogen (secondary N) is 1. The molecule has 1 amide bonds. The van der Waals surface area contributed by atoms with Crippen molar-refractivity contribution >= 4 is 32.7 Å². The van der Waals surface area contributed by atoms with Crippen LogP contribution < -0.4 is 15.8 Å². The number of aromatic nitrogens is 3. The van der Waals surface area contributed by atoms with Gasteiger partial charge in [-0.3, -0.25) is 14.2 Å². The number of rotatable bonds is 6. The van der Waals surface area contributed by atoms with Gasteiger partial charge >= 0.3 is 0 Å². The molecule has 2 aliphatic rings. The second-order valence-corrected chi connectivity index (χ2v) is 9.51. The second kappa shape index (κ2) is 8.29. The normalized spacial score (nSPS) is 19.8. The fourth-order valence-corrected chi connectivity index (χ4v) is 5.67. The van der Waals surface area contributed by atoms with Gasteiger partial charge in [0.15, 0.2) is 15.5 Å². The molecule has 1 saturated carbocycles. The third-order valence-corrected chi connectivity index (χ3v) is 7.69. The highest BCUT2D eigenvalue weighted by Crippen LogP contribution is 2.43. The largest absolute Gasteiger partial charge is 0.370 e. The molecule has 1 atom stereocenters. The maximum atomic E-state index is 13.1. The highest BCUT2D eigenvalue weighted by Gasteiger charge is 2.43. The molecule has 168 valence electrons. The third kappa shape index (κ3) is 3.49. The van der Waals surface area contributed by atoms with E-state index < -0.39 is 5.60 Å². The Balaban J connectivity index is 1.42. The number of ether oxygens (including phenoxy) is 1. The van der Waals surface area contributed by atoms with E-state index >= 15 is 0 Å². The SMILES string of the molecule is COC1(c2nc3sc(N4CCCC4C(=O)NCc4ccccc4)nc3c(=O)n2C)CCC1. The predicted molar refractivity (Wildman–Crippen MR) is 124 cm³/mol. The molecule has 32 heavy (non-hydrogen) atoms. The standard InChI is InChI=1S/C23H27N5O3S/c1-27-20(30)17-19(26-21(27)23(31-2)11-7-12-23)32-22(25-17)28-13-6-10-16(28)18(29)24-14-15-8-4-3-5-9-15/h3-5,8-9,16H,6-7,10-14H2,1-2H3,(H,24,29). The number of nitrogens with zero attached hydrogens (tertiary/aromatic N) is 4. The molecule has 3 aromatic rings. The van der Waals surface area contributed by atoms with E-state index in [0.29, 0.717) is 27.8 Å². The molecule has 5 rings (SSSR count). The highest BCUT2D eigenvalue weighted by molar-refractivity contribution is 7.21. The van der Waals surface area contributed by atoms with E-state index in [4.69, 9.17) is 9.72 Å². The fourth-order valence-electron chi connectivity index (χ4n) is 4.66. The molecule has 1 N–H and O–H groups in total. The first-order valence-corrected chi connectivity index (χ1v) is 11.9. The Hall–Kier alpha value is -2.78. The molecule has 0 radical (unpaired) electrons. The summed E-state index contributed by atoms with van der Waals surface area (Å²) < 4.78 is 7.33. The highest BCUT2D eigenvalue weighted by atomic mass is 32.1. The van der Waals surface area contributed by atoms with Gasteiger partial charge in [-0.2, -0.15) is 0 Å². The molecule has 9 heteroatoms. The van der Waals surface area contributed by atoms with Crippen LogP contribution in [0.2, 0.25) is 0 Å². The van der Waals surface area contributed by atoms with E-state index in [0.717, 1.165) is 44.2 Å². The number of amides is 1. The van der Waals surface area contributed by atoms with Gasteiger partial charge in [-0.05, 0) is 37.7 Å². The predicted octanol–water partition coefficient (Wildman–Crippen LogP) is 2.70. The number of anilines is 1. The second-order valence-electron chi connectivity index (χ2n) is 8.56. The van der Waals surface area contributed by atoms with Crippen molar-refractivity contribution in [2.75, 3.05) is 18.6 Å². The van der Waals surface area contributed by atoms with Gasteiger partial charge in [0.05, 0.1) is 0 Å². The van der Waals surface area contributed by atoms with Crippen molar-refractivity contribution in [1.29, 1.82) is 0 Å². The van der Waals surface area contributed by atoms with Crippen LogP contribution in [0.15, 0.2) is 35.1 Å². The number of fused-ring (bicyclic) bond motifs is 1. The molecule has 1 aliphatic heterocycles. The molecule has 0 spiro atoms. The Labute approximate surface area is 190 Å². The van der Waals surface area contributed by atoms with Crippen LogP contribution in [0, 0.1) is 0 Å². The summed E-state index contributed by atoms with van der Waals surface area (Å²) in [7, 11) is 3.41. The lowest BCUT2D eigenvalue weighted by molar-refractivity contribution is -0.122. The summed E-state index contributed by atoms with van der Waals surface area (Å²) in [6.45, 7) is 1.23. The van der Waals surface area contributed by atoms with Gasteiger partial charge in [-0.15, -0.1) is 0 Å². The number of carbonyl (C=O) groups excluding carboxylic acids is 1. The molecule has 0 bridgehead atoms. The summed E-state index contributed by atoms with van der Waals surface area (Å²) in [4.78, 5) is 38.1. The van der Waals surface area contributed by atoms with Crippen LogP contribution in [0.3, 0.4) is 0 Å². The summed E-state index contributed by atoms with van der Waals surface area (Å²) >= 11 is 1.38. The molecular weight excluding hydrogens is 426 g/mol. The lowest BCUT2D eigenvalue weighted by atomic mass is 9.79. The summed E-state index contributed by atoms with van der Waals surface area (Å²) in [5, 5.41) is 3.72. The minimum atomic E-state index is -0.486. The van der Waals surface area contributed by atoms with Gasteiger partial charge in [-0.1, -0.05) is 41.7 Å². The van der Waals surface area contributed by atoms with Crippen LogP contribution in [0.25, 0.3) is 10.3 Å². The first-order chi connectivity index (χ1) is 15.5. The van der Waals surface area contributed by atoms with Gasteiger partial charge in [0.1, 0.15) is 17.5 Å². The van der Waals surface area contributed by atoms with Gasteiger partial charge in [0.2, 0.25) is 5.91 Å². The minimum Gasteiger partial charge on any atom is -0.370 e. The molecule has 1 aromatic carbocycles. The van der Waals surface area contributed by atoms with E-state index in [1.165, 1.54) is 11.3 Å². The van der Waals surface area contributed by atoms with Crippen LogP contribution in [-0.2, 0) is 28.7 Å². The Kier molecular flexibility index (Phi) is 5.46. The lowest BCUT2D eigenvalue weighted by Gasteiger charge is -2.40. The summed E-state index contributed by atoms with van der Waals surface area (Å²) in [6.07, 6.45) is 4.44. The number of methoxy groups -OCH3 is 1. The van der Waals surface area contributed by atoms with Gasteiger partial charge < -0.3 is 15.0 Å². The Morgan fingerprint density at radius 2 is 2.03 bits per heavy atom. The third-order valence-electron chi connectivity index (χ3n) is 6.70. The van der Waals surface area contributed by atoms with Crippen molar-refractivity contribution in [3.63, 3.8) is 0 Å². The number of carbonyl (C=O) groups is 1. The first kappa shape index (κ1) is 21.1. The van der Waals surface area contributed by atoms with E-state index in [-0.39, 0.29) is 17.5 Å². The van der Waals surface area contributed by atoms with Crippen LogP contribution >= 0.6 is 11.3 Å². The maximum Gasteiger partial charge on any atom is 0.280 e. The fraction of sp³-hybridized carbons (Fsp3) is 0.478. The molecule has 3 heterocycles. The zero-order valence-electron chi connectivity index (χ0n) is 18.3. The first-order valence-electron chi connectivity index (χ1n) is 11.0. The summed E-state index contributed by atoms with van der Waals surface area (Å²) in [6, 6.07) is 9.58. The number of hydrogen-bond acceptors (Lipinski definition) is 7. The molecular formula is C23H27N5O3S. The summed E-state index contributed by atoms with van der Waals surface area (Å²) in [5.74, 6) is 0.650. The molecule has 1 aliphatic carbocycles. The Morgan fingerprint density at radius 1 is 1.25 bits per heavy atom. The van der Waals surface area contributed by atoms with E-state index in [1.807, 2.05) is 35.2 Å². The molecule has 1 unspecified atom stereocenters. The number of benzene rings is 1.